The van der Waals surface area contributed by atoms with Crippen LogP contribution in [0.25, 0.3) is 10.9 Å². The minimum Gasteiger partial charge on any atom is -0.361 e. The summed E-state index contributed by atoms with van der Waals surface area (Å²) < 4.78 is 27.9. The van der Waals surface area contributed by atoms with E-state index in [0.29, 0.717) is 12.0 Å². The summed E-state index contributed by atoms with van der Waals surface area (Å²) in [7, 11) is -3.41. The molecule has 25 heavy (non-hydrogen) atoms. The molecule has 1 fully saturated rings. The quantitative estimate of drug-likeness (QED) is 0.658. The monoisotopic (exact) mass is 360 g/mol. The average molecular weight is 360 g/mol. The number of piperidine rings is 1. The zero-order valence-electron chi connectivity index (χ0n) is 14.4. The van der Waals surface area contributed by atoms with Crippen LogP contribution in [-0.2, 0) is 20.7 Å². The molecule has 1 aromatic carbocycles. The average Bonchev–Trinajstić information content (AvgIpc) is 2.98. The van der Waals surface area contributed by atoms with Crippen LogP contribution in [0.2, 0.25) is 0 Å². The highest BCUT2D eigenvalue weighted by atomic mass is 32.2. The standard InChI is InChI=1S/C19H24N2O3S/c1-3-7-21-11-13(12-24-25(2,22)23)8-16-15-5-4-6-17-19(15)14(10-20-17)9-18(16)21/h3-6,10,13,16,18,20H,1,7-9,11-12H2,2H3/t13-,16-,18-/m1/s1. The summed E-state index contributed by atoms with van der Waals surface area (Å²) in [5.41, 5.74) is 3.95. The van der Waals surface area contributed by atoms with Crippen LogP contribution in [0.5, 0.6) is 0 Å². The SMILES string of the molecule is C=CCN1C[C@H](COS(C)(=O)=O)C[C@@H]2c3cccc4[nH]cc(c34)C[C@H]21. The van der Waals surface area contributed by atoms with Gasteiger partial charge in [0.25, 0.3) is 10.1 Å². The number of rotatable bonds is 5. The van der Waals surface area contributed by atoms with Crippen LogP contribution in [0.15, 0.2) is 37.1 Å². The Morgan fingerprint density at radius 3 is 3.04 bits per heavy atom. The van der Waals surface area contributed by atoms with Crippen molar-refractivity contribution >= 4 is 21.0 Å². The van der Waals surface area contributed by atoms with Gasteiger partial charge in [-0.2, -0.15) is 8.42 Å². The smallest absolute Gasteiger partial charge is 0.264 e. The van der Waals surface area contributed by atoms with E-state index < -0.39 is 10.1 Å². The molecule has 2 heterocycles. The van der Waals surface area contributed by atoms with Gasteiger partial charge in [-0.15, -0.1) is 6.58 Å². The maximum Gasteiger partial charge on any atom is 0.264 e. The second-order valence-corrected chi connectivity index (χ2v) is 8.94. The molecule has 5 nitrogen and oxygen atoms in total. The van der Waals surface area contributed by atoms with E-state index in [2.05, 4.69) is 40.9 Å². The summed E-state index contributed by atoms with van der Waals surface area (Å²) in [4.78, 5) is 5.83. The first kappa shape index (κ1) is 16.8. The number of hydrogen-bond donors (Lipinski definition) is 1. The van der Waals surface area contributed by atoms with Crippen molar-refractivity contribution in [2.24, 2.45) is 5.92 Å². The maximum atomic E-state index is 11.4. The second-order valence-electron chi connectivity index (χ2n) is 7.29. The third-order valence-corrected chi connectivity index (χ3v) is 6.11. The first-order valence-corrected chi connectivity index (χ1v) is 10.6. The number of hydrogen-bond acceptors (Lipinski definition) is 4. The molecule has 1 N–H and O–H groups in total. The van der Waals surface area contributed by atoms with E-state index in [1.54, 1.807) is 0 Å². The molecule has 0 saturated carbocycles. The van der Waals surface area contributed by atoms with Crippen LogP contribution >= 0.6 is 0 Å². The molecule has 0 amide bonds. The topological polar surface area (TPSA) is 62.4 Å². The first-order valence-electron chi connectivity index (χ1n) is 8.74. The summed E-state index contributed by atoms with van der Waals surface area (Å²) in [5.74, 6) is 0.598. The molecule has 0 spiro atoms. The number of nitrogens with one attached hydrogen (secondary N) is 1. The number of nitrogens with zero attached hydrogens (tertiary/aromatic N) is 1. The van der Waals surface area contributed by atoms with E-state index in [-0.39, 0.29) is 12.5 Å². The zero-order valence-corrected chi connectivity index (χ0v) is 15.3. The lowest BCUT2D eigenvalue weighted by atomic mass is 9.72. The van der Waals surface area contributed by atoms with Crippen molar-refractivity contribution in [1.29, 1.82) is 0 Å². The zero-order chi connectivity index (χ0) is 17.6. The molecule has 3 atom stereocenters. The lowest BCUT2D eigenvalue weighted by molar-refractivity contribution is 0.0736. The molecule has 0 bridgehead atoms. The van der Waals surface area contributed by atoms with E-state index in [1.807, 2.05) is 6.08 Å². The van der Waals surface area contributed by atoms with Gasteiger partial charge in [-0.25, -0.2) is 0 Å². The predicted octanol–water partition coefficient (Wildman–Crippen LogP) is 2.66. The van der Waals surface area contributed by atoms with E-state index in [0.717, 1.165) is 32.2 Å². The van der Waals surface area contributed by atoms with Crippen LogP contribution in [0, 0.1) is 5.92 Å². The molecule has 0 unspecified atom stereocenters. The number of H-pyrrole nitrogens is 1. The predicted molar refractivity (Wildman–Crippen MR) is 99.2 cm³/mol. The van der Waals surface area contributed by atoms with Crippen molar-refractivity contribution in [1.82, 2.24) is 9.88 Å². The first-order chi connectivity index (χ1) is 12.0. The Morgan fingerprint density at radius 2 is 2.28 bits per heavy atom. The minimum atomic E-state index is -3.41. The van der Waals surface area contributed by atoms with Gasteiger partial charge in [-0.3, -0.25) is 9.08 Å². The van der Waals surface area contributed by atoms with Crippen LogP contribution in [0.1, 0.15) is 23.5 Å². The molecule has 1 aliphatic carbocycles. The molecule has 1 aliphatic heterocycles. The van der Waals surface area contributed by atoms with Gasteiger partial charge in [-0.05, 0) is 36.0 Å². The van der Waals surface area contributed by atoms with Gasteiger partial charge in [0.2, 0.25) is 0 Å². The summed E-state index contributed by atoms with van der Waals surface area (Å²) in [6, 6.07) is 6.88. The Bertz CT molecular complexity index is 903. The largest absolute Gasteiger partial charge is 0.361 e. The van der Waals surface area contributed by atoms with Gasteiger partial charge >= 0.3 is 0 Å². The molecule has 4 rings (SSSR count). The van der Waals surface area contributed by atoms with Crippen LogP contribution in [-0.4, -0.2) is 50.3 Å². The summed E-state index contributed by atoms with van der Waals surface area (Å²) in [6.07, 6.45) is 7.17. The van der Waals surface area contributed by atoms with Gasteiger partial charge in [-0.1, -0.05) is 18.2 Å². The molecular weight excluding hydrogens is 336 g/mol. The van der Waals surface area contributed by atoms with E-state index in [1.165, 1.54) is 22.0 Å². The van der Waals surface area contributed by atoms with E-state index >= 15 is 0 Å². The highest BCUT2D eigenvalue weighted by molar-refractivity contribution is 7.85. The molecule has 6 heteroatoms. The summed E-state index contributed by atoms with van der Waals surface area (Å²) in [6.45, 7) is 5.81. The lowest BCUT2D eigenvalue weighted by Gasteiger charge is -2.46. The van der Waals surface area contributed by atoms with Crippen molar-refractivity contribution in [3.63, 3.8) is 0 Å². The Kier molecular flexibility index (Phi) is 4.22. The van der Waals surface area contributed by atoms with E-state index in [4.69, 9.17) is 4.18 Å². The number of likely N-dealkylation sites (tertiary alicyclic amines) is 1. The normalized spacial score (nSPS) is 26.5. The van der Waals surface area contributed by atoms with Gasteiger partial charge in [0.05, 0.1) is 12.9 Å². The van der Waals surface area contributed by atoms with E-state index in [9.17, 15) is 8.42 Å². The van der Waals surface area contributed by atoms with Crippen molar-refractivity contribution in [2.45, 2.75) is 24.8 Å². The third-order valence-electron chi connectivity index (χ3n) is 5.54. The molecule has 2 aromatic rings. The molecule has 0 radical (unpaired) electrons. The van der Waals surface area contributed by atoms with Crippen molar-refractivity contribution in [3.05, 3.63) is 48.2 Å². The van der Waals surface area contributed by atoms with Gasteiger partial charge < -0.3 is 4.98 Å². The van der Waals surface area contributed by atoms with Crippen LogP contribution in [0.3, 0.4) is 0 Å². The lowest BCUT2D eigenvalue weighted by Crippen LogP contribution is -2.50. The third kappa shape index (κ3) is 3.14. The van der Waals surface area contributed by atoms with Crippen molar-refractivity contribution < 1.29 is 12.6 Å². The van der Waals surface area contributed by atoms with Gasteiger partial charge in [0.15, 0.2) is 0 Å². The Balaban J connectivity index is 1.68. The fourth-order valence-electron chi connectivity index (χ4n) is 4.62. The molecule has 1 saturated heterocycles. The van der Waals surface area contributed by atoms with Crippen molar-refractivity contribution in [3.8, 4) is 0 Å². The number of aromatic nitrogens is 1. The maximum absolute atomic E-state index is 11.4. The molecule has 134 valence electrons. The van der Waals surface area contributed by atoms with Crippen LogP contribution in [0.4, 0.5) is 0 Å². The summed E-state index contributed by atoms with van der Waals surface area (Å²) >= 11 is 0. The van der Waals surface area contributed by atoms with Gasteiger partial charge in [0, 0.05) is 42.1 Å². The Hall–Kier alpha value is -1.63. The number of benzene rings is 1. The molecular formula is C19H24N2O3S. The fraction of sp³-hybridized carbons (Fsp3) is 0.474. The highest BCUT2D eigenvalue weighted by Gasteiger charge is 2.40. The number of aromatic amines is 1. The van der Waals surface area contributed by atoms with Gasteiger partial charge in [0.1, 0.15) is 0 Å². The summed E-state index contributed by atoms with van der Waals surface area (Å²) in [5, 5.41) is 1.35. The van der Waals surface area contributed by atoms with Crippen molar-refractivity contribution in [2.75, 3.05) is 26.0 Å². The number of fused-ring (bicyclic) bond motifs is 2. The Morgan fingerprint density at radius 1 is 1.44 bits per heavy atom. The molecule has 1 aromatic heterocycles. The second kappa shape index (κ2) is 6.27. The Labute approximate surface area is 148 Å². The fourth-order valence-corrected chi connectivity index (χ4v) is 5.05. The highest BCUT2D eigenvalue weighted by Crippen LogP contribution is 2.44. The minimum absolute atomic E-state index is 0.201. The van der Waals surface area contributed by atoms with Crippen LogP contribution < -0.4 is 0 Å². The molecule has 2 aliphatic rings.